The first-order chi connectivity index (χ1) is 8.51. The maximum Gasteiger partial charge on any atom is 0.325 e. The van der Waals surface area contributed by atoms with Crippen LogP contribution in [0.5, 0.6) is 0 Å². The number of hydrogen-bond acceptors (Lipinski definition) is 5. The molecule has 18 heavy (non-hydrogen) atoms. The van der Waals surface area contributed by atoms with Crippen molar-refractivity contribution in [2.75, 3.05) is 13.1 Å². The van der Waals surface area contributed by atoms with E-state index in [4.69, 9.17) is 15.6 Å². The Hall–Kier alpha value is -2.61. The monoisotopic (exact) mass is 252 g/mol. The minimum Gasteiger partial charge on any atom is -0.481 e. The summed E-state index contributed by atoms with van der Waals surface area (Å²) >= 11 is 0. The van der Waals surface area contributed by atoms with Crippen molar-refractivity contribution in [1.82, 2.24) is 10.2 Å². The number of imide groups is 1. The highest BCUT2D eigenvalue weighted by Gasteiger charge is 2.15. The van der Waals surface area contributed by atoms with Gasteiger partial charge in [-0.05, 0) is 6.42 Å². The molecule has 0 aliphatic heterocycles. The summed E-state index contributed by atoms with van der Waals surface area (Å²) in [5, 5.41) is 27.2. The number of hydrogen-bond donors (Lipinski definition) is 2. The van der Waals surface area contributed by atoms with E-state index in [1.165, 1.54) is 0 Å². The molecular formula is C10H12N4O4. The summed E-state index contributed by atoms with van der Waals surface area (Å²) in [5.41, 5.74) is 0. The number of nitriles is 2. The molecule has 96 valence electrons. The predicted molar refractivity (Wildman–Crippen MR) is 57.8 cm³/mol. The summed E-state index contributed by atoms with van der Waals surface area (Å²) < 4.78 is 0. The molecule has 0 rings (SSSR count). The Morgan fingerprint density at radius 1 is 1.11 bits per heavy atom. The average molecular weight is 252 g/mol. The molecule has 8 heteroatoms. The topological polar surface area (TPSA) is 134 Å². The summed E-state index contributed by atoms with van der Waals surface area (Å²) in [6, 6.07) is 2.54. The lowest BCUT2D eigenvalue weighted by Crippen LogP contribution is -2.43. The molecule has 3 amide bonds. The fourth-order valence-electron chi connectivity index (χ4n) is 1.03. The van der Waals surface area contributed by atoms with Crippen molar-refractivity contribution in [2.24, 2.45) is 0 Å². The summed E-state index contributed by atoms with van der Waals surface area (Å²) in [6.07, 6.45) is -0.155. The van der Waals surface area contributed by atoms with Crippen LogP contribution in [-0.2, 0) is 9.59 Å². The van der Waals surface area contributed by atoms with Gasteiger partial charge in [-0.1, -0.05) is 0 Å². The van der Waals surface area contributed by atoms with Crippen molar-refractivity contribution in [3.05, 3.63) is 0 Å². The second kappa shape index (κ2) is 8.53. The van der Waals surface area contributed by atoms with E-state index in [-0.39, 0.29) is 32.4 Å². The number of amides is 3. The molecule has 8 nitrogen and oxygen atoms in total. The van der Waals surface area contributed by atoms with Crippen LogP contribution >= 0.6 is 0 Å². The van der Waals surface area contributed by atoms with Gasteiger partial charge in [0, 0.05) is 12.8 Å². The third kappa shape index (κ3) is 6.80. The Kier molecular flexibility index (Phi) is 7.29. The zero-order valence-corrected chi connectivity index (χ0v) is 9.55. The van der Waals surface area contributed by atoms with Gasteiger partial charge >= 0.3 is 12.0 Å². The molecule has 0 aliphatic carbocycles. The molecule has 0 radical (unpaired) electrons. The Balaban J connectivity index is 4.12. The highest BCUT2D eigenvalue weighted by Crippen LogP contribution is 1.96. The van der Waals surface area contributed by atoms with E-state index in [9.17, 15) is 14.4 Å². The van der Waals surface area contributed by atoms with Crippen LogP contribution in [0, 0.1) is 22.7 Å². The largest absolute Gasteiger partial charge is 0.481 e. The van der Waals surface area contributed by atoms with E-state index >= 15 is 0 Å². The van der Waals surface area contributed by atoms with E-state index < -0.39 is 17.9 Å². The molecule has 0 fully saturated rings. The molecule has 0 spiro atoms. The second-order valence-corrected chi connectivity index (χ2v) is 3.27. The molecule has 0 saturated heterocycles. The molecule has 2 N–H and O–H groups in total. The number of urea groups is 1. The molecule has 0 atom stereocenters. The number of carboxylic acids is 1. The number of nitrogens with zero attached hydrogens (tertiary/aromatic N) is 3. The van der Waals surface area contributed by atoms with Crippen LogP contribution in [0.4, 0.5) is 4.79 Å². The average Bonchev–Trinajstić information content (AvgIpc) is 2.28. The molecule has 0 unspecified atom stereocenters. The van der Waals surface area contributed by atoms with Gasteiger partial charge in [0.15, 0.2) is 0 Å². The van der Waals surface area contributed by atoms with Crippen molar-refractivity contribution in [3.8, 4) is 12.1 Å². The quantitative estimate of drug-likeness (QED) is 0.630. The van der Waals surface area contributed by atoms with E-state index in [0.717, 1.165) is 4.90 Å². The lowest BCUT2D eigenvalue weighted by atomic mass is 10.2. The van der Waals surface area contributed by atoms with Gasteiger partial charge in [0.1, 0.15) is 13.1 Å². The Morgan fingerprint density at radius 3 is 2.11 bits per heavy atom. The van der Waals surface area contributed by atoms with Crippen LogP contribution in [0.3, 0.4) is 0 Å². The molecule has 0 saturated carbocycles. The van der Waals surface area contributed by atoms with Crippen LogP contribution in [0.25, 0.3) is 0 Å². The standard InChI is InChI=1S/C10H12N4O4/c11-4-6-14(7-5-12)10(18)13-8(15)2-1-3-9(16)17/h1-3,6-7H2,(H,16,17)(H,13,15,18). The first-order valence-corrected chi connectivity index (χ1v) is 5.05. The van der Waals surface area contributed by atoms with E-state index in [2.05, 4.69) is 0 Å². The minimum absolute atomic E-state index is 0.106. The van der Waals surface area contributed by atoms with E-state index in [0.29, 0.717) is 0 Å². The van der Waals surface area contributed by atoms with Gasteiger partial charge in [-0.2, -0.15) is 10.5 Å². The van der Waals surface area contributed by atoms with Crippen LogP contribution in [0.1, 0.15) is 19.3 Å². The fourth-order valence-corrected chi connectivity index (χ4v) is 1.03. The van der Waals surface area contributed by atoms with Crippen LogP contribution in [0.15, 0.2) is 0 Å². The number of carbonyl (C=O) groups is 3. The Labute approximate surface area is 103 Å². The summed E-state index contributed by atoms with van der Waals surface area (Å²) in [7, 11) is 0. The van der Waals surface area contributed by atoms with Crippen molar-refractivity contribution in [3.63, 3.8) is 0 Å². The first-order valence-electron chi connectivity index (χ1n) is 5.05. The molecule has 0 aromatic carbocycles. The lowest BCUT2D eigenvalue weighted by molar-refractivity contribution is -0.137. The maximum absolute atomic E-state index is 11.4. The number of rotatable bonds is 6. The third-order valence-electron chi connectivity index (χ3n) is 1.85. The van der Waals surface area contributed by atoms with Gasteiger partial charge in [0.05, 0.1) is 12.1 Å². The van der Waals surface area contributed by atoms with Crippen LogP contribution < -0.4 is 5.32 Å². The molecule has 0 bridgehead atoms. The molecule has 0 aliphatic rings. The van der Waals surface area contributed by atoms with Crippen molar-refractivity contribution in [2.45, 2.75) is 19.3 Å². The number of aliphatic carboxylic acids is 1. The van der Waals surface area contributed by atoms with Crippen molar-refractivity contribution < 1.29 is 19.5 Å². The van der Waals surface area contributed by atoms with E-state index in [1.54, 1.807) is 12.1 Å². The summed E-state index contributed by atoms with van der Waals surface area (Å²) in [4.78, 5) is 33.7. The van der Waals surface area contributed by atoms with Crippen LogP contribution in [0.2, 0.25) is 0 Å². The summed E-state index contributed by atoms with van der Waals surface area (Å²) in [5.74, 6) is -1.66. The van der Waals surface area contributed by atoms with Gasteiger partial charge in [-0.15, -0.1) is 0 Å². The van der Waals surface area contributed by atoms with Crippen molar-refractivity contribution >= 4 is 17.9 Å². The number of carbonyl (C=O) groups excluding carboxylic acids is 2. The third-order valence-corrected chi connectivity index (χ3v) is 1.85. The number of nitrogens with one attached hydrogen (secondary N) is 1. The van der Waals surface area contributed by atoms with E-state index in [1.807, 2.05) is 5.32 Å². The normalized spacial score (nSPS) is 8.78. The molecular weight excluding hydrogens is 240 g/mol. The molecule has 0 heterocycles. The molecule has 0 aromatic rings. The Bertz CT molecular complexity index is 391. The van der Waals surface area contributed by atoms with Crippen molar-refractivity contribution in [1.29, 1.82) is 10.5 Å². The lowest BCUT2D eigenvalue weighted by Gasteiger charge is -2.15. The first kappa shape index (κ1) is 15.4. The van der Waals surface area contributed by atoms with Gasteiger partial charge in [-0.25, -0.2) is 4.79 Å². The zero-order chi connectivity index (χ0) is 14.0. The maximum atomic E-state index is 11.4. The van der Waals surface area contributed by atoms with Gasteiger partial charge in [0.2, 0.25) is 5.91 Å². The number of carboxylic acid groups (broad SMARTS) is 1. The van der Waals surface area contributed by atoms with Gasteiger partial charge < -0.3 is 5.11 Å². The SMILES string of the molecule is N#CCN(CC#N)C(=O)NC(=O)CCCC(=O)O. The Morgan fingerprint density at radius 2 is 1.67 bits per heavy atom. The minimum atomic E-state index is -1.02. The summed E-state index contributed by atoms with van der Waals surface area (Å²) in [6.45, 7) is -0.608. The molecule has 0 aromatic heterocycles. The smallest absolute Gasteiger partial charge is 0.325 e. The second-order valence-electron chi connectivity index (χ2n) is 3.27. The highest BCUT2D eigenvalue weighted by atomic mass is 16.4. The fraction of sp³-hybridized carbons (Fsp3) is 0.500. The van der Waals surface area contributed by atoms with Crippen LogP contribution in [-0.4, -0.2) is 41.0 Å². The zero-order valence-electron chi connectivity index (χ0n) is 9.55. The van der Waals surface area contributed by atoms with Gasteiger partial charge in [-0.3, -0.25) is 19.8 Å². The highest BCUT2D eigenvalue weighted by molar-refractivity contribution is 5.94. The predicted octanol–water partition coefficient (Wildman–Crippen LogP) is -0.173. The van der Waals surface area contributed by atoms with Gasteiger partial charge in [0.25, 0.3) is 0 Å².